The molecule has 0 aromatic heterocycles. The number of para-hydroxylation sites is 1. The first-order valence-electron chi connectivity index (χ1n) is 7.36. The number of nitrogens with zero attached hydrogens (tertiary/aromatic N) is 1. The second-order valence-corrected chi connectivity index (χ2v) is 5.17. The van der Waals surface area contributed by atoms with Crippen molar-refractivity contribution >= 4 is 11.6 Å². The number of nitrogens with one attached hydrogen (secondary N) is 1. The van der Waals surface area contributed by atoms with Crippen molar-refractivity contribution in [3.05, 3.63) is 29.8 Å². The van der Waals surface area contributed by atoms with E-state index in [1.807, 2.05) is 0 Å². The Hall–Kier alpha value is -1.51. The Morgan fingerprint density at radius 1 is 1.32 bits per heavy atom. The van der Waals surface area contributed by atoms with Gasteiger partial charge in [-0.1, -0.05) is 32.0 Å². The second kappa shape index (κ2) is 6.60. The number of amides is 1. The van der Waals surface area contributed by atoms with E-state index >= 15 is 0 Å². The van der Waals surface area contributed by atoms with E-state index in [0.29, 0.717) is 0 Å². The lowest BCUT2D eigenvalue weighted by Gasteiger charge is -2.20. The Morgan fingerprint density at radius 2 is 2.05 bits per heavy atom. The predicted octanol–water partition coefficient (Wildman–Crippen LogP) is 2.60. The number of rotatable bonds is 6. The van der Waals surface area contributed by atoms with Gasteiger partial charge in [0.2, 0.25) is 5.91 Å². The normalized spacial score (nSPS) is 13.7. The number of fused-ring (bicyclic) bond motifs is 1. The summed E-state index contributed by atoms with van der Waals surface area (Å²) in [5.41, 5.74) is 2.76. The van der Waals surface area contributed by atoms with E-state index in [2.05, 4.69) is 48.3 Å². The highest BCUT2D eigenvalue weighted by Crippen LogP contribution is 2.26. The van der Waals surface area contributed by atoms with Gasteiger partial charge in [-0.2, -0.15) is 0 Å². The van der Waals surface area contributed by atoms with E-state index in [1.54, 1.807) is 0 Å². The molecule has 1 aliphatic heterocycles. The van der Waals surface area contributed by atoms with E-state index in [0.717, 1.165) is 38.9 Å². The lowest BCUT2D eigenvalue weighted by molar-refractivity contribution is -0.125. The van der Waals surface area contributed by atoms with Crippen molar-refractivity contribution in [2.24, 2.45) is 5.92 Å². The smallest absolute Gasteiger partial charge is 0.223 e. The van der Waals surface area contributed by atoms with E-state index in [4.69, 9.17) is 0 Å². The Bertz CT molecular complexity index is 427. The van der Waals surface area contributed by atoms with Crippen LogP contribution in [0, 0.1) is 5.92 Å². The molecule has 1 amide bonds. The van der Waals surface area contributed by atoms with E-state index in [9.17, 15) is 4.79 Å². The number of hydrogen-bond donors (Lipinski definition) is 1. The average Bonchev–Trinajstić information content (AvgIpc) is 2.84. The zero-order valence-corrected chi connectivity index (χ0v) is 12.0. The first kappa shape index (κ1) is 13.9. The third kappa shape index (κ3) is 3.28. The Balaban J connectivity index is 1.80. The molecule has 19 heavy (non-hydrogen) atoms. The van der Waals surface area contributed by atoms with E-state index in [1.165, 1.54) is 11.3 Å². The minimum absolute atomic E-state index is 0.172. The van der Waals surface area contributed by atoms with Gasteiger partial charge in [0.15, 0.2) is 0 Å². The summed E-state index contributed by atoms with van der Waals surface area (Å²) >= 11 is 0. The van der Waals surface area contributed by atoms with E-state index < -0.39 is 0 Å². The summed E-state index contributed by atoms with van der Waals surface area (Å²) in [5, 5.41) is 3.06. The zero-order valence-electron chi connectivity index (χ0n) is 12.0. The first-order chi connectivity index (χ1) is 9.26. The number of anilines is 1. The molecular formula is C16H24N2O. The molecule has 0 fully saturated rings. The maximum absolute atomic E-state index is 11.9. The lowest BCUT2D eigenvalue weighted by Crippen LogP contribution is -2.37. The van der Waals surface area contributed by atoms with Crippen molar-refractivity contribution in [1.82, 2.24) is 5.32 Å². The number of benzene rings is 1. The quantitative estimate of drug-likeness (QED) is 0.852. The van der Waals surface area contributed by atoms with Gasteiger partial charge in [-0.05, 0) is 30.9 Å². The SMILES string of the molecule is CCC(CC)C(=O)NCCN1CCc2ccccc21. The second-order valence-electron chi connectivity index (χ2n) is 5.17. The maximum atomic E-state index is 11.9. The monoisotopic (exact) mass is 260 g/mol. The molecule has 0 saturated carbocycles. The van der Waals surface area contributed by atoms with Crippen LogP contribution in [0.2, 0.25) is 0 Å². The van der Waals surface area contributed by atoms with Crippen molar-refractivity contribution in [2.45, 2.75) is 33.1 Å². The van der Waals surface area contributed by atoms with Crippen molar-refractivity contribution in [3.8, 4) is 0 Å². The Kier molecular flexibility index (Phi) is 4.83. The van der Waals surface area contributed by atoms with Gasteiger partial charge >= 0.3 is 0 Å². The van der Waals surface area contributed by atoms with E-state index in [-0.39, 0.29) is 11.8 Å². The van der Waals surface area contributed by atoms with Crippen LogP contribution in [-0.4, -0.2) is 25.5 Å². The molecule has 104 valence electrons. The molecule has 0 unspecified atom stereocenters. The fourth-order valence-corrected chi connectivity index (χ4v) is 2.76. The van der Waals surface area contributed by atoms with Crippen LogP contribution in [-0.2, 0) is 11.2 Å². The minimum Gasteiger partial charge on any atom is -0.369 e. The molecule has 3 nitrogen and oxygen atoms in total. The predicted molar refractivity (Wildman–Crippen MR) is 79.4 cm³/mol. The fourth-order valence-electron chi connectivity index (χ4n) is 2.76. The molecule has 3 heteroatoms. The average molecular weight is 260 g/mol. The molecule has 0 atom stereocenters. The molecule has 1 aliphatic rings. The maximum Gasteiger partial charge on any atom is 0.223 e. The number of carbonyl (C=O) groups excluding carboxylic acids is 1. The van der Waals surface area contributed by atoms with Gasteiger partial charge in [0.25, 0.3) is 0 Å². The van der Waals surface area contributed by atoms with Crippen molar-refractivity contribution in [2.75, 3.05) is 24.5 Å². The minimum atomic E-state index is 0.172. The van der Waals surface area contributed by atoms with Crippen LogP contribution in [0.1, 0.15) is 32.3 Å². The fraction of sp³-hybridized carbons (Fsp3) is 0.562. The van der Waals surface area contributed by atoms with Crippen LogP contribution < -0.4 is 10.2 Å². The van der Waals surface area contributed by atoms with Crippen LogP contribution in [0.4, 0.5) is 5.69 Å². The van der Waals surface area contributed by atoms with Crippen molar-refractivity contribution in [3.63, 3.8) is 0 Å². The van der Waals surface area contributed by atoms with Gasteiger partial charge in [-0.3, -0.25) is 4.79 Å². The van der Waals surface area contributed by atoms with Gasteiger partial charge in [0, 0.05) is 31.2 Å². The van der Waals surface area contributed by atoms with Crippen molar-refractivity contribution < 1.29 is 4.79 Å². The van der Waals surface area contributed by atoms with Crippen LogP contribution in [0.15, 0.2) is 24.3 Å². The molecular weight excluding hydrogens is 236 g/mol. The highest BCUT2D eigenvalue weighted by molar-refractivity contribution is 5.78. The lowest BCUT2D eigenvalue weighted by atomic mass is 10.0. The largest absolute Gasteiger partial charge is 0.369 e. The van der Waals surface area contributed by atoms with Crippen LogP contribution >= 0.6 is 0 Å². The van der Waals surface area contributed by atoms with Crippen LogP contribution in [0.5, 0.6) is 0 Å². The van der Waals surface area contributed by atoms with Crippen LogP contribution in [0.3, 0.4) is 0 Å². The van der Waals surface area contributed by atoms with Gasteiger partial charge < -0.3 is 10.2 Å². The molecule has 0 aliphatic carbocycles. The molecule has 2 rings (SSSR count). The zero-order chi connectivity index (χ0) is 13.7. The first-order valence-corrected chi connectivity index (χ1v) is 7.36. The molecule has 1 aromatic carbocycles. The highest BCUT2D eigenvalue weighted by atomic mass is 16.1. The van der Waals surface area contributed by atoms with Gasteiger partial charge in [-0.15, -0.1) is 0 Å². The summed E-state index contributed by atoms with van der Waals surface area (Å²) < 4.78 is 0. The molecule has 1 heterocycles. The summed E-state index contributed by atoms with van der Waals surface area (Å²) in [4.78, 5) is 14.3. The summed E-state index contributed by atoms with van der Waals surface area (Å²) in [6.45, 7) is 6.86. The molecule has 0 spiro atoms. The summed E-state index contributed by atoms with van der Waals surface area (Å²) in [7, 11) is 0. The summed E-state index contributed by atoms with van der Waals surface area (Å²) in [6.07, 6.45) is 2.97. The third-order valence-electron chi connectivity index (χ3n) is 4.02. The standard InChI is InChI=1S/C16H24N2O/c1-3-13(4-2)16(19)17-10-12-18-11-9-14-7-5-6-8-15(14)18/h5-8,13H,3-4,9-12H2,1-2H3,(H,17,19). The third-order valence-corrected chi connectivity index (χ3v) is 4.02. The van der Waals surface area contributed by atoms with Crippen molar-refractivity contribution in [1.29, 1.82) is 0 Å². The number of hydrogen-bond acceptors (Lipinski definition) is 2. The Labute approximate surface area is 116 Å². The van der Waals surface area contributed by atoms with Gasteiger partial charge in [0.05, 0.1) is 0 Å². The topological polar surface area (TPSA) is 32.3 Å². The van der Waals surface area contributed by atoms with Gasteiger partial charge in [-0.25, -0.2) is 0 Å². The molecule has 0 bridgehead atoms. The molecule has 1 N–H and O–H groups in total. The highest BCUT2D eigenvalue weighted by Gasteiger charge is 2.18. The Morgan fingerprint density at radius 3 is 2.79 bits per heavy atom. The number of carbonyl (C=O) groups is 1. The summed E-state index contributed by atoms with van der Waals surface area (Å²) in [6, 6.07) is 8.54. The van der Waals surface area contributed by atoms with Crippen LogP contribution in [0.25, 0.3) is 0 Å². The molecule has 1 aromatic rings. The van der Waals surface area contributed by atoms with Gasteiger partial charge in [0.1, 0.15) is 0 Å². The molecule has 0 radical (unpaired) electrons. The molecule has 0 saturated heterocycles. The summed E-state index contributed by atoms with van der Waals surface area (Å²) in [5.74, 6) is 0.378.